The molecule has 0 atom stereocenters. The average Bonchev–Trinajstić information content (AvgIpc) is 3.10. The third-order valence-electron chi connectivity index (χ3n) is 5.43. The van der Waals surface area contributed by atoms with Gasteiger partial charge in [-0.05, 0) is 31.2 Å². The minimum Gasteiger partial charge on any atom is -0.497 e. The third kappa shape index (κ3) is 2.79. The van der Waals surface area contributed by atoms with Gasteiger partial charge < -0.3 is 9.47 Å². The number of para-hydroxylation sites is 1. The van der Waals surface area contributed by atoms with Crippen LogP contribution < -0.4 is 10.3 Å². The van der Waals surface area contributed by atoms with Gasteiger partial charge in [0.2, 0.25) is 0 Å². The van der Waals surface area contributed by atoms with Crippen LogP contribution in [-0.4, -0.2) is 28.7 Å². The van der Waals surface area contributed by atoms with Gasteiger partial charge in [0, 0.05) is 10.9 Å². The standard InChI is InChI=1S/C25H20N2O4/c1-3-31-25(29)22-18-11-7-8-12-20(18)27-24(28)19-15-17(30-2)13-14-21(19)26(27)23(22)16-9-5-4-6-10-16/h4-15H,3H2,1-2H3. The minimum absolute atomic E-state index is 0.183. The van der Waals surface area contributed by atoms with Gasteiger partial charge in [0.15, 0.2) is 0 Å². The molecule has 0 fully saturated rings. The van der Waals surface area contributed by atoms with E-state index in [1.807, 2.05) is 66.7 Å². The maximum absolute atomic E-state index is 13.5. The van der Waals surface area contributed by atoms with E-state index in [-0.39, 0.29) is 12.2 Å². The van der Waals surface area contributed by atoms with Crippen molar-refractivity contribution < 1.29 is 14.3 Å². The third-order valence-corrected chi connectivity index (χ3v) is 5.43. The molecule has 2 aromatic heterocycles. The largest absolute Gasteiger partial charge is 0.497 e. The number of rotatable bonds is 4. The molecule has 5 rings (SSSR count). The number of nitrogens with zero attached hydrogens (tertiary/aromatic N) is 2. The van der Waals surface area contributed by atoms with Crippen LogP contribution in [0.5, 0.6) is 5.75 Å². The Labute approximate surface area is 177 Å². The van der Waals surface area contributed by atoms with E-state index < -0.39 is 5.97 Å². The van der Waals surface area contributed by atoms with Crippen LogP contribution in [0.4, 0.5) is 0 Å². The van der Waals surface area contributed by atoms with E-state index in [0.717, 1.165) is 5.56 Å². The summed E-state index contributed by atoms with van der Waals surface area (Å²) in [5, 5.41) is 1.16. The van der Waals surface area contributed by atoms with Crippen LogP contribution in [0.3, 0.4) is 0 Å². The molecule has 154 valence electrons. The van der Waals surface area contributed by atoms with Crippen molar-refractivity contribution in [3.63, 3.8) is 0 Å². The summed E-state index contributed by atoms with van der Waals surface area (Å²) in [4.78, 5) is 26.7. The number of hydrogen-bond acceptors (Lipinski definition) is 4. The lowest BCUT2D eigenvalue weighted by molar-refractivity contribution is 0.0529. The van der Waals surface area contributed by atoms with Gasteiger partial charge in [-0.25, -0.2) is 13.8 Å². The number of methoxy groups -OCH3 is 1. The predicted molar refractivity (Wildman–Crippen MR) is 120 cm³/mol. The van der Waals surface area contributed by atoms with Crippen molar-refractivity contribution in [1.82, 2.24) is 9.03 Å². The zero-order valence-electron chi connectivity index (χ0n) is 17.2. The van der Waals surface area contributed by atoms with Crippen molar-refractivity contribution in [1.29, 1.82) is 0 Å². The first kappa shape index (κ1) is 18.9. The summed E-state index contributed by atoms with van der Waals surface area (Å²) in [5.41, 5.74) is 2.97. The van der Waals surface area contributed by atoms with Crippen molar-refractivity contribution in [2.45, 2.75) is 6.92 Å². The minimum atomic E-state index is -0.428. The molecule has 0 spiro atoms. The molecule has 5 aromatic rings. The molecule has 0 saturated heterocycles. The van der Waals surface area contributed by atoms with E-state index >= 15 is 0 Å². The second-order valence-corrected chi connectivity index (χ2v) is 7.14. The smallest absolute Gasteiger partial charge is 0.341 e. The van der Waals surface area contributed by atoms with E-state index in [1.165, 1.54) is 0 Å². The van der Waals surface area contributed by atoms with Gasteiger partial charge >= 0.3 is 5.97 Å². The highest BCUT2D eigenvalue weighted by Gasteiger charge is 2.25. The summed E-state index contributed by atoms with van der Waals surface area (Å²) >= 11 is 0. The molecule has 0 aliphatic carbocycles. The molecular weight excluding hydrogens is 392 g/mol. The second kappa shape index (κ2) is 7.32. The summed E-state index contributed by atoms with van der Waals surface area (Å²) in [6.45, 7) is 2.03. The topological polar surface area (TPSA) is 61.4 Å². The van der Waals surface area contributed by atoms with Crippen molar-refractivity contribution in [3.8, 4) is 17.0 Å². The molecule has 0 amide bonds. The van der Waals surface area contributed by atoms with Gasteiger partial charge in [0.05, 0.1) is 41.4 Å². The van der Waals surface area contributed by atoms with Gasteiger partial charge in [-0.15, -0.1) is 0 Å². The van der Waals surface area contributed by atoms with E-state index in [9.17, 15) is 9.59 Å². The van der Waals surface area contributed by atoms with Crippen LogP contribution in [0, 0.1) is 0 Å². The molecule has 31 heavy (non-hydrogen) atoms. The molecule has 6 nitrogen and oxygen atoms in total. The van der Waals surface area contributed by atoms with Gasteiger partial charge in [0.1, 0.15) is 5.75 Å². The van der Waals surface area contributed by atoms with Crippen LogP contribution in [0.1, 0.15) is 17.3 Å². The van der Waals surface area contributed by atoms with Crippen LogP contribution in [-0.2, 0) is 4.74 Å². The maximum Gasteiger partial charge on any atom is 0.341 e. The molecule has 0 radical (unpaired) electrons. The fourth-order valence-electron chi connectivity index (χ4n) is 4.12. The van der Waals surface area contributed by atoms with E-state index in [1.54, 1.807) is 29.1 Å². The molecule has 0 aliphatic heterocycles. The Morgan fingerprint density at radius 1 is 0.871 bits per heavy atom. The summed E-state index contributed by atoms with van der Waals surface area (Å²) in [5.74, 6) is 0.167. The number of esters is 1. The summed E-state index contributed by atoms with van der Waals surface area (Å²) in [7, 11) is 1.57. The maximum atomic E-state index is 13.5. The Morgan fingerprint density at radius 3 is 2.32 bits per heavy atom. The molecule has 0 aliphatic rings. The fourth-order valence-corrected chi connectivity index (χ4v) is 4.12. The van der Waals surface area contributed by atoms with Gasteiger partial charge in [-0.2, -0.15) is 0 Å². The molecule has 2 heterocycles. The lowest BCUT2D eigenvalue weighted by Crippen LogP contribution is -2.18. The van der Waals surface area contributed by atoms with E-state index in [4.69, 9.17) is 9.47 Å². The summed E-state index contributed by atoms with van der Waals surface area (Å²) in [6, 6.07) is 22.3. The van der Waals surface area contributed by atoms with Crippen molar-refractivity contribution >= 4 is 27.8 Å². The monoisotopic (exact) mass is 412 g/mol. The zero-order valence-corrected chi connectivity index (χ0v) is 17.2. The SMILES string of the molecule is CCOC(=O)c1c(-c2ccccc2)n2c3ccc(OC)cc3c(=O)n2c2ccccc12. The highest BCUT2D eigenvalue weighted by Crippen LogP contribution is 2.33. The van der Waals surface area contributed by atoms with Gasteiger partial charge in [-0.1, -0.05) is 48.5 Å². The van der Waals surface area contributed by atoms with Crippen LogP contribution in [0.25, 0.3) is 33.1 Å². The number of hydrogen-bond donors (Lipinski definition) is 0. The molecule has 0 saturated carbocycles. The Bertz CT molecular complexity index is 1510. The Hall–Kier alpha value is -4.06. The average molecular weight is 412 g/mol. The first-order chi connectivity index (χ1) is 15.2. The number of carbonyl (C=O) groups excluding carboxylic acids is 1. The highest BCUT2D eigenvalue weighted by atomic mass is 16.5. The van der Waals surface area contributed by atoms with E-state index in [2.05, 4.69) is 0 Å². The fraction of sp³-hybridized carbons (Fsp3) is 0.120. The number of fused-ring (bicyclic) bond motifs is 5. The second-order valence-electron chi connectivity index (χ2n) is 7.14. The predicted octanol–water partition coefficient (Wildman–Crippen LogP) is 4.56. The van der Waals surface area contributed by atoms with Crippen LogP contribution in [0.2, 0.25) is 0 Å². The Kier molecular flexibility index (Phi) is 4.47. The summed E-state index contributed by atoms with van der Waals surface area (Å²) < 4.78 is 14.2. The molecular formula is C25H20N2O4. The number of aromatic nitrogens is 2. The molecule has 3 aromatic carbocycles. The van der Waals surface area contributed by atoms with Gasteiger partial charge in [-0.3, -0.25) is 4.79 Å². The Morgan fingerprint density at radius 2 is 1.58 bits per heavy atom. The number of benzene rings is 3. The van der Waals surface area contributed by atoms with Crippen molar-refractivity contribution in [3.05, 3.63) is 88.7 Å². The Balaban J connectivity index is 2.10. The summed E-state index contributed by atoms with van der Waals surface area (Å²) in [6.07, 6.45) is 0. The molecule has 0 bridgehead atoms. The highest BCUT2D eigenvalue weighted by molar-refractivity contribution is 6.09. The first-order valence-electron chi connectivity index (χ1n) is 10.0. The lowest BCUT2D eigenvalue weighted by Gasteiger charge is -2.17. The van der Waals surface area contributed by atoms with Crippen LogP contribution in [0.15, 0.2) is 77.6 Å². The first-order valence-corrected chi connectivity index (χ1v) is 10.0. The van der Waals surface area contributed by atoms with E-state index in [0.29, 0.717) is 38.8 Å². The molecule has 6 heteroatoms. The van der Waals surface area contributed by atoms with Crippen LogP contribution >= 0.6 is 0 Å². The van der Waals surface area contributed by atoms with Crippen molar-refractivity contribution in [2.24, 2.45) is 0 Å². The number of ether oxygens (including phenoxy) is 2. The van der Waals surface area contributed by atoms with Crippen molar-refractivity contribution in [2.75, 3.05) is 13.7 Å². The number of carbonyl (C=O) groups is 1. The lowest BCUT2D eigenvalue weighted by atomic mass is 10.0. The zero-order chi connectivity index (χ0) is 21.5. The quantitative estimate of drug-likeness (QED) is 0.406. The van der Waals surface area contributed by atoms with Gasteiger partial charge in [0.25, 0.3) is 5.56 Å². The normalized spacial score (nSPS) is 11.3. The molecule has 0 N–H and O–H groups in total. The molecule has 0 unspecified atom stereocenters.